The molecule has 0 amide bonds. The number of hydrogen-bond donors (Lipinski definition) is 0. The van der Waals surface area contributed by atoms with E-state index in [0.717, 1.165) is 37.9 Å². The molecule has 1 aliphatic rings. The Morgan fingerprint density at radius 3 is 2.65 bits per heavy atom. The van der Waals surface area contributed by atoms with Crippen LogP contribution in [0.5, 0.6) is 0 Å². The lowest BCUT2D eigenvalue weighted by atomic mass is 9.87. The largest absolute Gasteiger partial charge is 0.297 e. The fourth-order valence-electron chi connectivity index (χ4n) is 2.86. The number of Topliss-reactive ketones (excluding diaryl/α,β-unsaturated/α-hetero) is 1. The summed E-state index contributed by atoms with van der Waals surface area (Å²) in [5.74, 6) is -0.136. The van der Waals surface area contributed by atoms with E-state index < -0.39 is 5.54 Å². The summed E-state index contributed by atoms with van der Waals surface area (Å²) in [5.41, 5.74) is 0.302. The zero-order valence-corrected chi connectivity index (χ0v) is 13.7. The van der Waals surface area contributed by atoms with Gasteiger partial charge in [-0.2, -0.15) is 0 Å². The molecule has 1 aromatic rings. The predicted molar refractivity (Wildman–Crippen MR) is 82.3 cm³/mol. The molecule has 1 unspecified atom stereocenters. The van der Waals surface area contributed by atoms with Crippen molar-refractivity contribution in [2.45, 2.75) is 45.1 Å². The first-order chi connectivity index (χ1) is 9.49. The number of halogens is 2. The SMILES string of the molecule is CCC(C)(C(=O)Cc1cccc(F)c1Br)N1CCCC1. The van der Waals surface area contributed by atoms with E-state index in [1.54, 1.807) is 6.07 Å². The zero-order valence-electron chi connectivity index (χ0n) is 12.1. The van der Waals surface area contributed by atoms with Gasteiger partial charge in [-0.25, -0.2) is 4.39 Å². The van der Waals surface area contributed by atoms with E-state index in [0.29, 0.717) is 4.47 Å². The van der Waals surface area contributed by atoms with Crippen LogP contribution in [0.3, 0.4) is 0 Å². The van der Waals surface area contributed by atoms with E-state index in [9.17, 15) is 9.18 Å². The minimum Gasteiger partial charge on any atom is -0.297 e. The topological polar surface area (TPSA) is 20.3 Å². The van der Waals surface area contributed by atoms with Crippen LogP contribution in [0.15, 0.2) is 22.7 Å². The number of ketones is 1. The first kappa shape index (κ1) is 15.6. The highest BCUT2D eigenvalue weighted by molar-refractivity contribution is 9.10. The quantitative estimate of drug-likeness (QED) is 0.807. The van der Waals surface area contributed by atoms with Gasteiger partial charge >= 0.3 is 0 Å². The summed E-state index contributed by atoms with van der Waals surface area (Å²) < 4.78 is 14.0. The smallest absolute Gasteiger partial charge is 0.157 e. The van der Waals surface area contributed by atoms with Gasteiger partial charge in [0.1, 0.15) is 5.82 Å². The number of carbonyl (C=O) groups is 1. The first-order valence-electron chi connectivity index (χ1n) is 7.20. The molecule has 4 heteroatoms. The molecule has 0 spiro atoms. The molecule has 1 saturated heterocycles. The standard InChI is InChI=1S/C16H21BrFNO/c1-3-16(2,19-9-4-5-10-19)14(20)11-12-7-6-8-13(18)15(12)17/h6-8H,3-5,9-11H2,1-2H3. The first-order valence-corrected chi connectivity index (χ1v) is 7.99. The number of nitrogens with zero attached hydrogens (tertiary/aromatic N) is 1. The molecule has 0 bridgehead atoms. The molecule has 2 nitrogen and oxygen atoms in total. The van der Waals surface area contributed by atoms with Gasteiger partial charge < -0.3 is 0 Å². The molecule has 20 heavy (non-hydrogen) atoms. The second kappa shape index (κ2) is 6.35. The Bertz CT molecular complexity index is 499. The van der Waals surface area contributed by atoms with Crippen LogP contribution in [-0.2, 0) is 11.2 Å². The summed E-state index contributed by atoms with van der Waals surface area (Å²) in [6.45, 7) is 6.05. The number of benzene rings is 1. The molecule has 0 aromatic heterocycles. The van der Waals surface area contributed by atoms with Crippen LogP contribution in [-0.4, -0.2) is 29.3 Å². The lowest BCUT2D eigenvalue weighted by molar-refractivity contribution is -0.129. The minimum atomic E-state index is -0.428. The van der Waals surface area contributed by atoms with Gasteiger partial charge in [-0.15, -0.1) is 0 Å². The maximum atomic E-state index is 13.5. The summed E-state index contributed by atoms with van der Waals surface area (Å²) in [4.78, 5) is 15.0. The molecule has 1 heterocycles. The number of hydrogen-bond acceptors (Lipinski definition) is 2. The molecular weight excluding hydrogens is 321 g/mol. The van der Waals surface area contributed by atoms with Crippen LogP contribution in [0, 0.1) is 5.82 Å². The third-order valence-electron chi connectivity index (χ3n) is 4.48. The van der Waals surface area contributed by atoms with Gasteiger partial charge in [0.25, 0.3) is 0 Å². The monoisotopic (exact) mass is 341 g/mol. The van der Waals surface area contributed by atoms with Crippen molar-refractivity contribution in [3.05, 3.63) is 34.1 Å². The second-order valence-electron chi connectivity index (χ2n) is 5.63. The lowest BCUT2D eigenvalue weighted by Gasteiger charge is -2.36. The molecule has 0 N–H and O–H groups in total. The third kappa shape index (κ3) is 2.96. The van der Waals surface area contributed by atoms with Gasteiger partial charge in [-0.05, 0) is 66.8 Å². The Hall–Kier alpha value is -0.740. The Balaban J connectivity index is 2.19. The van der Waals surface area contributed by atoms with E-state index in [1.807, 2.05) is 13.0 Å². The summed E-state index contributed by atoms with van der Waals surface area (Å²) in [5, 5.41) is 0. The summed E-state index contributed by atoms with van der Waals surface area (Å²) in [7, 11) is 0. The average Bonchev–Trinajstić information content (AvgIpc) is 2.97. The Labute approximate surface area is 128 Å². The highest BCUT2D eigenvalue weighted by Gasteiger charge is 2.38. The van der Waals surface area contributed by atoms with Crippen LogP contribution in [0.4, 0.5) is 4.39 Å². The van der Waals surface area contributed by atoms with Crippen LogP contribution in [0.2, 0.25) is 0 Å². The van der Waals surface area contributed by atoms with Crippen molar-refractivity contribution in [1.29, 1.82) is 0 Å². The molecule has 1 aliphatic heterocycles. The van der Waals surface area contributed by atoms with E-state index in [1.165, 1.54) is 6.07 Å². The van der Waals surface area contributed by atoms with E-state index in [4.69, 9.17) is 0 Å². The van der Waals surface area contributed by atoms with Gasteiger partial charge in [-0.1, -0.05) is 19.1 Å². The molecule has 110 valence electrons. The number of carbonyl (C=O) groups excluding carboxylic acids is 1. The maximum absolute atomic E-state index is 13.5. The minimum absolute atomic E-state index is 0.174. The average molecular weight is 342 g/mol. The molecule has 0 saturated carbocycles. The molecule has 1 fully saturated rings. The zero-order chi connectivity index (χ0) is 14.8. The summed E-state index contributed by atoms with van der Waals surface area (Å²) in [6.07, 6.45) is 3.39. The Morgan fingerprint density at radius 1 is 1.40 bits per heavy atom. The van der Waals surface area contributed by atoms with E-state index in [2.05, 4.69) is 27.8 Å². The fourth-order valence-corrected chi connectivity index (χ4v) is 3.26. The Morgan fingerprint density at radius 2 is 2.05 bits per heavy atom. The van der Waals surface area contributed by atoms with Crippen molar-refractivity contribution in [3.63, 3.8) is 0 Å². The van der Waals surface area contributed by atoms with Gasteiger partial charge in [0.15, 0.2) is 5.78 Å². The normalized spacial score (nSPS) is 19.0. The van der Waals surface area contributed by atoms with Gasteiger partial charge in [-0.3, -0.25) is 9.69 Å². The molecule has 1 aromatic carbocycles. The van der Waals surface area contributed by atoms with Crippen molar-refractivity contribution in [2.24, 2.45) is 0 Å². The number of rotatable bonds is 5. The predicted octanol–water partition coefficient (Wildman–Crippen LogP) is 3.96. The highest BCUT2D eigenvalue weighted by Crippen LogP contribution is 2.29. The third-order valence-corrected chi connectivity index (χ3v) is 5.36. The van der Waals surface area contributed by atoms with Crippen LogP contribution in [0.1, 0.15) is 38.7 Å². The van der Waals surface area contributed by atoms with Crippen molar-refractivity contribution in [2.75, 3.05) is 13.1 Å². The van der Waals surface area contributed by atoms with Gasteiger partial charge in [0, 0.05) is 6.42 Å². The number of likely N-dealkylation sites (tertiary alicyclic amines) is 1. The maximum Gasteiger partial charge on any atom is 0.157 e. The van der Waals surface area contributed by atoms with Crippen LogP contribution >= 0.6 is 15.9 Å². The molecule has 0 radical (unpaired) electrons. The van der Waals surface area contributed by atoms with Crippen LogP contribution < -0.4 is 0 Å². The lowest BCUT2D eigenvalue weighted by Crippen LogP contribution is -2.51. The van der Waals surface area contributed by atoms with Crippen LogP contribution in [0.25, 0.3) is 0 Å². The van der Waals surface area contributed by atoms with Crippen molar-refractivity contribution >= 4 is 21.7 Å². The van der Waals surface area contributed by atoms with E-state index in [-0.39, 0.29) is 18.0 Å². The van der Waals surface area contributed by atoms with E-state index >= 15 is 0 Å². The van der Waals surface area contributed by atoms with Crippen molar-refractivity contribution < 1.29 is 9.18 Å². The highest BCUT2D eigenvalue weighted by atomic mass is 79.9. The molecule has 0 aliphatic carbocycles. The van der Waals surface area contributed by atoms with Gasteiger partial charge in [0.2, 0.25) is 0 Å². The fraction of sp³-hybridized carbons (Fsp3) is 0.562. The van der Waals surface area contributed by atoms with Crippen molar-refractivity contribution in [1.82, 2.24) is 4.90 Å². The molecular formula is C16H21BrFNO. The summed E-state index contributed by atoms with van der Waals surface area (Å²) >= 11 is 3.24. The second-order valence-corrected chi connectivity index (χ2v) is 6.43. The molecule has 1 atom stereocenters. The summed E-state index contributed by atoms with van der Waals surface area (Å²) in [6, 6.07) is 4.87. The van der Waals surface area contributed by atoms with Crippen molar-refractivity contribution in [3.8, 4) is 0 Å². The van der Waals surface area contributed by atoms with Gasteiger partial charge in [0.05, 0.1) is 10.0 Å². The molecule has 2 rings (SSSR count). The Kier molecular flexibility index (Phi) is 4.97.